The Labute approximate surface area is 104 Å². The van der Waals surface area contributed by atoms with Gasteiger partial charge in [0.2, 0.25) is 0 Å². The first kappa shape index (κ1) is 14.2. The topological polar surface area (TPSA) is 84.3 Å². The quantitative estimate of drug-likeness (QED) is 0.708. The van der Waals surface area contributed by atoms with Gasteiger partial charge in [0.05, 0.1) is 12.7 Å². The van der Waals surface area contributed by atoms with Crippen LogP contribution < -0.4 is 11.2 Å². The number of nitrogens with one attached hydrogen (secondary N) is 1. The Morgan fingerprint density at radius 2 is 2.22 bits per heavy atom. The van der Waals surface area contributed by atoms with E-state index in [9.17, 15) is 9.59 Å². The predicted octanol–water partition coefficient (Wildman–Crippen LogP) is -0.298. The maximum Gasteiger partial charge on any atom is 0.330 e. The van der Waals surface area contributed by atoms with Gasteiger partial charge in [0.15, 0.2) is 0 Å². The number of H-pyrrole nitrogens is 1. The summed E-state index contributed by atoms with van der Waals surface area (Å²) in [7, 11) is 0. The highest BCUT2D eigenvalue weighted by molar-refractivity contribution is 4.87. The highest BCUT2D eigenvalue weighted by Crippen LogP contribution is 2.32. The molecule has 1 aliphatic rings. The summed E-state index contributed by atoms with van der Waals surface area (Å²) in [6.07, 6.45) is 9.47. The molecule has 2 N–H and O–H groups in total. The van der Waals surface area contributed by atoms with E-state index in [0.717, 1.165) is 0 Å². The lowest BCUT2D eigenvalue weighted by Gasteiger charge is -2.17. The lowest BCUT2D eigenvalue weighted by molar-refractivity contribution is -0.0336. The van der Waals surface area contributed by atoms with Crippen molar-refractivity contribution < 1.29 is 9.84 Å². The van der Waals surface area contributed by atoms with E-state index >= 15 is 0 Å². The second kappa shape index (κ2) is 6.19. The maximum absolute atomic E-state index is 11.5. The standard InChI is InChI=1S/C10H14N2O4.C2H2/c1-6-4-7(5-13)16-9(6)12-3-2-8(14)11-10(12)15;1-2/h2-3,6-7,9,13H,4-5H2,1H3,(H,11,14,15);1-2H. The summed E-state index contributed by atoms with van der Waals surface area (Å²) in [6.45, 7) is 1.89. The van der Waals surface area contributed by atoms with Gasteiger partial charge >= 0.3 is 5.69 Å². The monoisotopic (exact) mass is 252 g/mol. The molecule has 18 heavy (non-hydrogen) atoms. The first-order valence-corrected chi connectivity index (χ1v) is 5.53. The Kier molecular flexibility index (Phi) is 4.89. The smallest absolute Gasteiger partial charge is 0.330 e. The lowest BCUT2D eigenvalue weighted by Crippen LogP contribution is -2.33. The predicted molar refractivity (Wildman–Crippen MR) is 66.0 cm³/mol. The molecule has 1 saturated heterocycles. The molecule has 3 atom stereocenters. The van der Waals surface area contributed by atoms with Gasteiger partial charge in [-0.2, -0.15) is 0 Å². The molecule has 2 heterocycles. The zero-order chi connectivity index (χ0) is 13.7. The van der Waals surface area contributed by atoms with Crippen molar-refractivity contribution in [2.45, 2.75) is 25.7 Å². The van der Waals surface area contributed by atoms with Gasteiger partial charge in [-0.25, -0.2) is 4.79 Å². The van der Waals surface area contributed by atoms with E-state index in [1.165, 1.54) is 16.8 Å². The van der Waals surface area contributed by atoms with Crippen LogP contribution in [0.3, 0.4) is 0 Å². The number of rotatable bonds is 2. The van der Waals surface area contributed by atoms with Crippen LogP contribution in [0.25, 0.3) is 0 Å². The van der Waals surface area contributed by atoms with Gasteiger partial charge in [-0.15, -0.1) is 12.8 Å². The van der Waals surface area contributed by atoms with Crippen molar-refractivity contribution in [1.29, 1.82) is 0 Å². The number of ether oxygens (including phenoxy) is 1. The Hall–Kier alpha value is -1.84. The van der Waals surface area contributed by atoms with Crippen LogP contribution in [0.1, 0.15) is 19.6 Å². The minimum absolute atomic E-state index is 0.0566. The van der Waals surface area contributed by atoms with Crippen molar-refractivity contribution in [2.75, 3.05) is 6.61 Å². The highest BCUT2D eigenvalue weighted by atomic mass is 16.5. The fraction of sp³-hybridized carbons (Fsp3) is 0.500. The summed E-state index contributed by atoms with van der Waals surface area (Å²) < 4.78 is 6.87. The molecule has 3 unspecified atom stereocenters. The van der Waals surface area contributed by atoms with E-state index in [2.05, 4.69) is 17.8 Å². The Morgan fingerprint density at radius 3 is 2.72 bits per heavy atom. The highest BCUT2D eigenvalue weighted by Gasteiger charge is 2.33. The largest absolute Gasteiger partial charge is 0.394 e. The number of aliphatic hydroxyl groups excluding tert-OH is 1. The van der Waals surface area contributed by atoms with Crippen molar-refractivity contribution in [1.82, 2.24) is 9.55 Å². The van der Waals surface area contributed by atoms with E-state index < -0.39 is 17.5 Å². The van der Waals surface area contributed by atoms with Crippen LogP contribution >= 0.6 is 0 Å². The average molecular weight is 252 g/mol. The summed E-state index contributed by atoms with van der Waals surface area (Å²) in [4.78, 5) is 24.6. The minimum Gasteiger partial charge on any atom is -0.394 e. The molecule has 0 aliphatic carbocycles. The first-order valence-electron chi connectivity index (χ1n) is 5.53. The van der Waals surface area contributed by atoms with E-state index in [1.807, 2.05) is 6.92 Å². The first-order chi connectivity index (χ1) is 8.61. The van der Waals surface area contributed by atoms with E-state index in [1.54, 1.807) is 0 Å². The normalized spacial score (nSPS) is 26.3. The van der Waals surface area contributed by atoms with E-state index in [4.69, 9.17) is 9.84 Å². The molecule has 0 amide bonds. The molecule has 0 radical (unpaired) electrons. The molecule has 98 valence electrons. The van der Waals surface area contributed by atoms with Crippen molar-refractivity contribution in [3.8, 4) is 12.8 Å². The second-order valence-electron chi connectivity index (χ2n) is 4.06. The van der Waals surface area contributed by atoms with Crippen LogP contribution in [0.4, 0.5) is 0 Å². The molecule has 6 heteroatoms. The fourth-order valence-electron chi connectivity index (χ4n) is 2.00. The number of hydrogen-bond acceptors (Lipinski definition) is 4. The molecule has 1 aliphatic heterocycles. The summed E-state index contributed by atoms with van der Waals surface area (Å²) in [5.41, 5.74) is -0.909. The van der Waals surface area contributed by atoms with Gasteiger partial charge < -0.3 is 9.84 Å². The van der Waals surface area contributed by atoms with Crippen molar-refractivity contribution in [3.05, 3.63) is 33.1 Å². The number of aromatic amines is 1. The Morgan fingerprint density at radius 1 is 1.56 bits per heavy atom. The molecule has 2 rings (SSSR count). The third-order valence-electron chi connectivity index (χ3n) is 2.78. The van der Waals surface area contributed by atoms with E-state index in [-0.39, 0.29) is 18.6 Å². The second-order valence-corrected chi connectivity index (χ2v) is 4.06. The van der Waals surface area contributed by atoms with Gasteiger partial charge in [-0.3, -0.25) is 14.3 Å². The van der Waals surface area contributed by atoms with Crippen LogP contribution in [0.2, 0.25) is 0 Å². The molecule has 0 aromatic carbocycles. The molecular weight excluding hydrogens is 236 g/mol. The average Bonchev–Trinajstić information content (AvgIpc) is 2.73. The van der Waals surface area contributed by atoms with Crippen LogP contribution in [0.15, 0.2) is 21.9 Å². The summed E-state index contributed by atoms with van der Waals surface area (Å²) in [6, 6.07) is 1.28. The molecule has 0 saturated carbocycles. The summed E-state index contributed by atoms with van der Waals surface area (Å²) >= 11 is 0. The van der Waals surface area contributed by atoms with Gasteiger partial charge in [0.25, 0.3) is 5.56 Å². The Balaban J connectivity index is 0.000000771. The van der Waals surface area contributed by atoms with Crippen LogP contribution in [0, 0.1) is 18.8 Å². The molecular formula is C12H16N2O4. The molecule has 1 fully saturated rings. The summed E-state index contributed by atoms with van der Waals surface area (Å²) in [5, 5.41) is 8.99. The fourth-order valence-corrected chi connectivity index (χ4v) is 2.00. The van der Waals surface area contributed by atoms with Gasteiger partial charge in [0, 0.05) is 18.2 Å². The number of aromatic nitrogens is 2. The molecule has 6 nitrogen and oxygen atoms in total. The van der Waals surface area contributed by atoms with Crippen molar-refractivity contribution in [3.63, 3.8) is 0 Å². The van der Waals surface area contributed by atoms with Crippen LogP contribution in [-0.4, -0.2) is 27.4 Å². The van der Waals surface area contributed by atoms with Crippen molar-refractivity contribution in [2.24, 2.45) is 5.92 Å². The number of nitrogens with zero attached hydrogens (tertiary/aromatic N) is 1. The van der Waals surface area contributed by atoms with Gasteiger partial charge in [-0.1, -0.05) is 6.92 Å². The molecule has 1 aromatic heterocycles. The van der Waals surface area contributed by atoms with Crippen LogP contribution in [0.5, 0.6) is 0 Å². The SMILES string of the molecule is C#C.CC1CC(CO)OC1n1ccc(=O)[nH]c1=O. The van der Waals surface area contributed by atoms with Crippen molar-refractivity contribution >= 4 is 0 Å². The summed E-state index contributed by atoms with van der Waals surface area (Å²) in [5.74, 6) is 0.126. The van der Waals surface area contributed by atoms with Crippen LogP contribution in [-0.2, 0) is 4.74 Å². The van der Waals surface area contributed by atoms with Gasteiger partial charge in [0.1, 0.15) is 6.23 Å². The van der Waals surface area contributed by atoms with Gasteiger partial charge in [-0.05, 0) is 6.42 Å². The maximum atomic E-state index is 11.5. The Bertz CT molecular complexity index is 517. The number of hydrogen-bond donors (Lipinski definition) is 2. The third-order valence-corrected chi connectivity index (χ3v) is 2.78. The zero-order valence-corrected chi connectivity index (χ0v) is 10.1. The van der Waals surface area contributed by atoms with E-state index in [0.29, 0.717) is 6.42 Å². The molecule has 0 bridgehead atoms. The molecule has 1 aromatic rings. The zero-order valence-electron chi connectivity index (χ0n) is 10.1. The lowest BCUT2D eigenvalue weighted by atomic mass is 10.1. The minimum atomic E-state index is -0.483. The number of terminal acetylenes is 1. The third kappa shape index (κ3) is 2.88. The molecule has 0 spiro atoms. The number of aliphatic hydroxyl groups is 1.